The SMILES string of the molecule is COc1ccc([C@@H]2CC(=O)NC(SCC(=O)Nc3ccc(C)cc3)=C2C#N)cc1OC. The summed E-state index contributed by atoms with van der Waals surface area (Å²) in [6.45, 7) is 1.97. The molecular formula is C23H23N3O4S. The molecule has 0 radical (unpaired) electrons. The Morgan fingerprint density at radius 2 is 1.90 bits per heavy atom. The minimum atomic E-state index is -0.429. The van der Waals surface area contributed by atoms with Crippen molar-refractivity contribution in [1.29, 1.82) is 5.26 Å². The van der Waals surface area contributed by atoms with E-state index in [9.17, 15) is 14.9 Å². The molecule has 0 unspecified atom stereocenters. The number of hydrogen-bond donors (Lipinski definition) is 2. The maximum atomic E-state index is 12.3. The van der Waals surface area contributed by atoms with Gasteiger partial charge < -0.3 is 20.1 Å². The molecule has 7 nitrogen and oxygen atoms in total. The van der Waals surface area contributed by atoms with Crippen molar-refractivity contribution in [1.82, 2.24) is 5.32 Å². The van der Waals surface area contributed by atoms with Gasteiger partial charge in [0.1, 0.15) is 0 Å². The molecule has 0 spiro atoms. The standard InChI is InChI=1S/C23H23N3O4S/c1-14-4-7-16(8-5-14)25-22(28)13-31-23-18(12-24)17(11-21(27)26-23)15-6-9-19(29-2)20(10-15)30-3/h4-10,17H,11,13H2,1-3H3,(H,25,28)(H,26,27)/t17-/m0/s1. The Labute approximate surface area is 185 Å². The number of allylic oxidation sites excluding steroid dienone is 1. The lowest BCUT2D eigenvalue weighted by Gasteiger charge is -2.25. The number of anilines is 1. The normalized spacial score (nSPS) is 15.7. The molecule has 1 atom stereocenters. The summed E-state index contributed by atoms with van der Waals surface area (Å²) in [4.78, 5) is 24.7. The van der Waals surface area contributed by atoms with Crippen LogP contribution in [0.15, 0.2) is 53.1 Å². The highest BCUT2D eigenvalue weighted by atomic mass is 32.2. The molecule has 2 aromatic carbocycles. The molecule has 0 aromatic heterocycles. The fraction of sp³-hybridized carbons (Fsp3) is 0.261. The highest BCUT2D eigenvalue weighted by Crippen LogP contribution is 2.39. The third-order valence-electron chi connectivity index (χ3n) is 4.85. The van der Waals surface area contributed by atoms with Gasteiger partial charge >= 0.3 is 0 Å². The summed E-state index contributed by atoms with van der Waals surface area (Å²) in [5, 5.41) is 15.8. The number of benzene rings is 2. The number of hydrogen-bond acceptors (Lipinski definition) is 6. The smallest absolute Gasteiger partial charge is 0.234 e. The fourth-order valence-electron chi connectivity index (χ4n) is 3.26. The first-order valence-corrected chi connectivity index (χ1v) is 10.6. The van der Waals surface area contributed by atoms with Crippen LogP contribution in [0.1, 0.15) is 23.5 Å². The van der Waals surface area contributed by atoms with Crippen LogP contribution in [0.5, 0.6) is 11.5 Å². The average Bonchev–Trinajstić information content (AvgIpc) is 2.78. The number of amides is 2. The van der Waals surface area contributed by atoms with Crippen LogP contribution in [0, 0.1) is 18.3 Å². The number of carbonyl (C=O) groups is 2. The van der Waals surface area contributed by atoms with Crippen LogP contribution in [-0.4, -0.2) is 31.8 Å². The number of nitrogens with zero attached hydrogens (tertiary/aromatic N) is 1. The lowest BCUT2D eigenvalue weighted by Crippen LogP contribution is -2.31. The lowest BCUT2D eigenvalue weighted by atomic mass is 9.87. The molecule has 0 saturated heterocycles. The second-order valence-corrected chi connectivity index (χ2v) is 7.96. The molecule has 0 saturated carbocycles. The van der Waals surface area contributed by atoms with Crippen molar-refractivity contribution in [2.45, 2.75) is 19.3 Å². The van der Waals surface area contributed by atoms with Crippen LogP contribution in [0.25, 0.3) is 0 Å². The molecule has 0 bridgehead atoms. The summed E-state index contributed by atoms with van der Waals surface area (Å²) in [6, 6.07) is 15.0. The Balaban J connectivity index is 1.79. The van der Waals surface area contributed by atoms with E-state index in [2.05, 4.69) is 16.7 Å². The van der Waals surface area contributed by atoms with E-state index in [1.807, 2.05) is 37.3 Å². The molecule has 2 aromatic rings. The molecule has 2 N–H and O–H groups in total. The monoisotopic (exact) mass is 437 g/mol. The Morgan fingerprint density at radius 3 is 2.55 bits per heavy atom. The lowest BCUT2D eigenvalue weighted by molar-refractivity contribution is -0.121. The first-order chi connectivity index (χ1) is 14.9. The summed E-state index contributed by atoms with van der Waals surface area (Å²) >= 11 is 1.14. The summed E-state index contributed by atoms with van der Waals surface area (Å²) in [7, 11) is 3.08. The largest absolute Gasteiger partial charge is 0.493 e. The number of ether oxygens (including phenoxy) is 2. The Kier molecular flexibility index (Phi) is 7.21. The Morgan fingerprint density at radius 1 is 1.19 bits per heavy atom. The zero-order valence-corrected chi connectivity index (χ0v) is 18.3. The Hall–Kier alpha value is -3.44. The van der Waals surface area contributed by atoms with Gasteiger partial charge in [0.05, 0.1) is 36.6 Å². The van der Waals surface area contributed by atoms with E-state index in [-0.39, 0.29) is 24.0 Å². The van der Waals surface area contributed by atoms with E-state index in [0.717, 1.165) is 22.9 Å². The van der Waals surface area contributed by atoms with E-state index in [0.29, 0.717) is 27.8 Å². The fourth-order valence-corrected chi connectivity index (χ4v) is 4.14. The van der Waals surface area contributed by atoms with Crippen LogP contribution in [0.2, 0.25) is 0 Å². The second-order valence-electron chi connectivity index (χ2n) is 6.98. The maximum absolute atomic E-state index is 12.3. The Bertz CT molecular complexity index is 1060. The van der Waals surface area contributed by atoms with Gasteiger partial charge in [-0.1, -0.05) is 35.5 Å². The van der Waals surface area contributed by atoms with Gasteiger partial charge in [0.2, 0.25) is 11.8 Å². The first-order valence-electron chi connectivity index (χ1n) is 9.60. The van der Waals surface area contributed by atoms with Gasteiger partial charge in [-0.05, 0) is 36.8 Å². The summed E-state index contributed by atoms with van der Waals surface area (Å²) in [6.07, 6.45) is 0.137. The van der Waals surface area contributed by atoms with E-state index >= 15 is 0 Å². The molecule has 2 amide bonds. The minimum Gasteiger partial charge on any atom is -0.493 e. The molecule has 1 aliphatic rings. The van der Waals surface area contributed by atoms with Crippen LogP contribution in [0.3, 0.4) is 0 Å². The summed E-state index contributed by atoms with van der Waals surface area (Å²) in [5.74, 6) is 0.293. The van der Waals surface area contributed by atoms with Gasteiger partial charge in [0, 0.05) is 18.0 Å². The second kappa shape index (κ2) is 10.0. The van der Waals surface area contributed by atoms with Gasteiger partial charge in [-0.3, -0.25) is 9.59 Å². The molecule has 160 valence electrons. The quantitative estimate of drug-likeness (QED) is 0.685. The average molecular weight is 438 g/mol. The number of carbonyl (C=O) groups excluding carboxylic acids is 2. The molecule has 31 heavy (non-hydrogen) atoms. The number of thioether (sulfide) groups is 1. The molecular weight excluding hydrogens is 414 g/mol. The van der Waals surface area contributed by atoms with Gasteiger partial charge in [-0.25, -0.2) is 0 Å². The highest BCUT2D eigenvalue weighted by molar-refractivity contribution is 8.03. The van der Waals surface area contributed by atoms with E-state index < -0.39 is 5.92 Å². The van der Waals surface area contributed by atoms with E-state index in [1.165, 1.54) is 7.11 Å². The van der Waals surface area contributed by atoms with Gasteiger partial charge in [-0.2, -0.15) is 5.26 Å². The van der Waals surface area contributed by atoms with Crippen molar-refractivity contribution in [3.63, 3.8) is 0 Å². The predicted molar refractivity (Wildman–Crippen MR) is 120 cm³/mol. The zero-order valence-electron chi connectivity index (χ0n) is 17.5. The summed E-state index contributed by atoms with van der Waals surface area (Å²) in [5.41, 5.74) is 2.98. The molecule has 8 heteroatoms. The van der Waals surface area contributed by atoms with Gasteiger partial charge in [-0.15, -0.1) is 0 Å². The molecule has 1 heterocycles. The van der Waals surface area contributed by atoms with Crippen molar-refractivity contribution in [2.24, 2.45) is 0 Å². The predicted octanol–water partition coefficient (Wildman–Crippen LogP) is 3.72. The molecule has 3 rings (SSSR count). The van der Waals surface area contributed by atoms with Crippen molar-refractivity contribution < 1.29 is 19.1 Å². The first kappa shape index (κ1) is 22.2. The van der Waals surface area contributed by atoms with Crippen LogP contribution >= 0.6 is 11.8 Å². The topological polar surface area (TPSA) is 100 Å². The third kappa shape index (κ3) is 5.38. The van der Waals surface area contributed by atoms with Crippen LogP contribution < -0.4 is 20.1 Å². The number of nitrogens with one attached hydrogen (secondary N) is 2. The van der Waals surface area contributed by atoms with Gasteiger partial charge in [0.15, 0.2) is 11.5 Å². The van der Waals surface area contributed by atoms with Crippen molar-refractivity contribution in [3.05, 3.63) is 64.2 Å². The molecule has 0 aliphatic carbocycles. The number of methoxy groups -OCH3 is 2. The van der Waals surface area contributed by atoms with Gasteiger partial charge in [0.25, 0.3) is 0 Å². The molecule has 0 fully saturated rings. The number of nitriles is 1. The van der Waals surface area contributed by atoms with Crippen LogP contribution in [0.4, 0.5) is 5.69 Å². The third-order valence-corrected chi connectivity index (χ3v) is 5.87. The van der Waals surface area contributed by atoms with E-state index in [1.54, 1.807) is 19.2 Å². The maximum Gasteiger partial charge on any atom is 0.234 e. The van der Waals surface area contributed by atoms with Crippen molar-refractivity contribution in [3.8, 4) is 17.6 Å². The van der Waals surface area contributed by atoms with Crippen molar-refractivity contribution >= 4 is 29.3 Å². The van der Waals surface area contributed by atoms with Crippen molar-refractivity contribution in [2.75, 3.05) is 25.3 Å². The van der Waals surface area contributed by atoms with E-state index in [4.69, 9.17) is 9.47 Å². The highest BCUT2D eigenvalue weighted by Gasteiger charge is 2.30. The minimum absolute atomic E-state index is 0.0628. The number of rotatable bonds is 7. The van der Waals surface area contributed by atoms with Crippen LogP contribution in [-0.2, 0) is 9.59 Å². The molecule has 1 aliphatic heterocycles. The number of aryl methyl sites for hydroxylation is 1. The zero-order chi connectivity index (χ0) is 22.4. The summed E-state index contributed by atoms with van der Waals surface area (Å²) < 4.78 is 10.6.